The third kappa shape index (κ3) is 2.94. The highest BCUT2D eigenvalue weighted by molar-refractivity contribution is 5.95. The van der Waals surface area contributed by atoms with E-state index in [1.807, 2.05) is 23.7 Å². The van der Waals surface area contributed by atoms with E-state index in [0.717, 1.165) is 34.3 Å². The Balaban J connectivity index is 1.79. The number of fused-ring (bicyclic) bond motifs is 1. The zero-order valence-corrected chi connectivity index (χ0v) is 14.6. The Bertz CT molecular complexity index is 876. The summed E-state index contributed by atoms with van der Waals surface area (Å²) in [6.45, 7) is 8.27. The lowest BCUT2D eigenvalue weighted by Gasteiger charge is -2.14. The van der Waals surface area contributed by atoms with E-state index in [1.54, 1.807) is 12.5 Å². The zero-order valence-electron chi connectivity index (χ0n) is 14.6. The van der Waals surface area contributed by atoms with Crippen molar-refractivity contribution in [1.82, 2.24) is 9.78 Å². The van der Waals surface area contributed by atoms with Crippen LogP contribution in [0, 0.1) is 13.8 Å². The molecular formula is C19H23N3O2. The molecule has 0 saturated carbocycles. The van der Waals surface area contributed by atoms with Crippen molar-refractivity contribution < 1.29 is 9.21 Å². The predicted molar refractivity (Wildman–Crippen MR) is 95.3 cm³/mol. The lowest BCUT2D eigenvalue weighted by Crippen LogP contribution is -2.18. The number of nitrogens with zero attached hydrogens (tertiary/aromatic N) is 2. The zero-order chi connectivity index (χ0) is 17.3. The molecule has 0 aliphatic carbocycles. The average Bonchev–Trinajstić information content (AvgIpc) is 3.18. The van der Waals surface area contributed by atoms with Crippen molar-refractivity contribution in [3.63, 3.8) is 0 Å². The maximum Gasteiger partial charge on any atom is 0.230 e. The highest BCUT2D eigenvalue weighted by atomic mass is 16.3. The predicted octanol–water partition coefficient (Wildman–Crippen LogP) is 4.40. The summed E-state index contributed by atoms with van der Waals surface area (Å²) in [7, 11) is 0. The molecular weight excluding hydrogens is 302 g/mol. The fourth-order valence-electron chi connectivity index (χ4n) is 2.82. The fourth-order valence-corrected chi connectivity index (χ4v) is 2.82. The monoisotopic (exact) mass is 325 g/mol. The summed E-state index contributed by atoms with van der Waals surface area (Å²) in [6.07, 6.45) is 4.63. The Morgan fingerprint density at radius 3 is 2.88 bits per heavy atom. The van der Waals surface area contributed by atoms with Gasteiger partial charge < -0.3 is 9.73 Å². The van der Waals surface area contributed by atoms with Crippen LogP contribution in [-0.4, -0.2) is 15.7 Å². The second kappa shape index (κ2) is 6.51. The molecule has 1 amide bonds. The van der Waals surface area contributed by atoms with Crippen molar-refractivity contribution in [2.24, 2.45) is 0 Å². The van der Waals surface area contributed by atoms with Crippen molar-refractivity contribution in [3.8, 4) is 0 Å². The van der Waals surface area contributed by atoms with Gasteiger partial charge in [-0.2, -0.15) is 5.10 Å². The number of aromatic nitrogens is 2. The number of hydrogen-bond donors (Lipinski definition) is 1. The van der Waals surface area contributed by atoms with Gasteiger partial charge in [-0.05, 0) is 38.3 Å². The summed E-state index contributed by atoms with van der Waals surface area (Å²) in [4.78, 5) is 12.4. The number of aryl methyl sites for hydroxylation is 2. The summed E-state index contributed by atoms with van der Waals surface area (Å²) in [5, 5.41) is 8.25. The van der Waals surface area contributed by atoms with Crippen LogP contribution < -0.4 is 5.32 Å². The van der Waals surface area contributed by atoms with Gasteiger partial charge in [0.2, 0.25) is 5.91 Å². The molecule has 0 aliphatic rings. The van der Waals surface area contributed by atoms with Crippen molar-refractivity contribution in [2.45, 2.75) is 46.6 Å². The second-order valence-electron chi connectivity index (χ2n) is 6.29. The van der Waals surface area contributed by atoms with Crippen molar-refractivity contribution in [3.05, 3.63) is 47.3 Å². The summed E-state index contributed by atoms with van der Waals surface area (Å²) in [5.74, 6) is 0.662. The molecule has 2 heterocycles. The quantitative estimate of drug-likeness (QED) is 0.756. The molecule has 1 aromatic carbocycles. The van der Waals surface area contributed by atoms with Crippen LogP contribution in [0.15, 0.2) is 35.1 Å². The molecule has 0 fully saturated rings. The van der Waals surface area contributed by atoms with Gasteiger partial charge in [0.25, 0.3) is 0 Å². The first-order valence-electron chi connectivity index (χ1n) is 8.31. The normalized spacial score (nSPS) is 12.5. The first kappa shape index (κ1) is 16.3. The minimum Gasteiger partial charge on any atom is -0.464 e. The number of carbonyl (C=O) groups is 1. The minimum atomic E-state index is -0.0685. The van der Waals surface area contributed by atoms with E-state index in [0.29, 0.717) is 0 Å². The molecule has 0 spiro atoms. The van der Waals surface area contributed by atoms with Crippen LogP contribution in [0.2, 0.25) is 0 Å². The second-order valence-corrected chi connectivity index (χ2v) is 6.29. The molecule has 0 saturated heterocycles. The van der Waals surface area contributed by atoms with Crippen LogP contribution in [0.1, 0.15) is 43.0 Å². The van der Waals surface area contributed by atoms with E-state index in [1.165, 1.54) is 5.56 Å². The Kier molecular flexibility index (Phi) is 4.42. The Morgan fingerprint density at radius 2 is 2.12 bits per heavy atom. The molecule has 0 radical (unpaired) electrons. The Morgan fingerprint density at radius 1 is 1.33 bits per heavy atom. The van der Waals surface area contributed by atoms with Gasteiger partial charge in [0.05, 0.1) is 24.9 Å². The van der Waals surface area contributed by atoms with Crippen LogP contribution in [-0.2, 0) is 11.2 Å². The third-order valence-corrected chi connectivity index (χ3v) is 4.64. The van der Waals surface area contributed by atoms with Crippen LogP contribution in [0.5, 0.6) is 0 Å². The minimum absolute atomic E-state index is 0.0685. The van der Waals surface area contributed by atoms with Gasteiger partial charge >= 0.3 is 0 Å². The van der Waals surface area contributed by atoms with Crippen LogP contribution >= 0.6 is 0 Å². The van der Waals surface area contributed by atoms with E-state index in [-0.39, 0.29) is 18.4 Å². The Labute approximate surface area is 141 Å². The smallest absolute Gasteiger partial charge is 0.230 e. The van der Waals surface area contributed by atoms with E-state index in [2.05, 4.69) is 37.3 Å². The number of furan rings is 1. The van der Waals surface area contributed by atoms with Gasteiger partial charge in [0.1, 0.15) is 11.4 Å². The number of hydrogen-bond acceptors (Lipinski definition) is 3. The van der Waals surface area contributed by atoms with Gasteiger partial charge in [-0.25, -0.2) is 4.68 Å². The van der Waals surface area contributed by atoms with Crippen molar-refractivity contribution in [2.75, 3.05) is 5.32 Å². The molecule has 1 atom stereocenters. The lowest BCUT2D eigenvalue weighted by atomic mass is 10.0. The number of rotatable bonds is 5. The molecule has 1 N–H and O–H groups in total. The summed E-state index contributed by atoms with van der Waals surface area (Å²) in [5.41, 5.74) is 4.07. The number of nitrogens with one attached hydrogen (secondary N) is 1. The van der Waals surface area contributed by atoms with Gasteiger partial charge in [-0.3, -0.25) is 4.79 Å². The standard InChI is InChI=1S/C19H23N3O2/c1-5-13(3)22-17(8-9-20-22)21-18(23)10-15-11-24-19-14(4)12(2)6-7-16(15)19/h6-9,11,13H,5,10H2,1-4H3,(H,21,23). The van der Waals surface area contributed by atoms with Gasteiger partial charge in [-0.1, -0.05) is 19.1 Å². The largest absolute Gasteiger partial charge is 0.464 e. The molecule has 24 heavy (non-hydrogen) atoms. The molecule has 0 bridgehead atoms. The average molecular weight is 325 g/mol. The van der Waals surface area contributed by atoms with E-state index < -0.39 is 0 Å². The molecule has 3 rings (SSSR count). The number of anilines is 1. The molecule has 2 aromatic heterocycles. The Hall–Kier alpha value is -2.56. The van der Waals surface area contributed by atoms with Crippen LogP contribution in [0.4, 0.5) is 5.82 Å². The maximum absolute atomic E-state index is 12.4. The summed E-state index contributed by atoms with van der Waals surface area (Å²) in [6, 6.07) is 6.15. The van der Waals surface area contributed by atoms with E-state index >= 15 is 0 Å². The van der Waals surface area contributed by atoms with Crippen LogP contribution in [0.25, 0.3) is 11.0 Å². The van der Waals surface area contributed by atoms with E-state index in [9.17, 15) is 4.79 Å². The molecule has 5 heteroatoms. The molecule has 1 unspecified atom stereocenters. The molecule has 5 nitrogen and oxygen atoms in total. The summed E-state index contributed by atoms with van der Waals surface area (Å²) < 4.78 is 7.52. The van der Waals surface area contributed by atoms with Gasteiger partial charge in [-0.15, -0.1) is 0 Å². The summed E-state index contributed by atoms with van der Waals surface area (Å²) >= 11 is 0. The number of amides is 1. The number of benzene rings is 1. The first-order chi connectivity index (χ1) is 11.5. The first-order valence-corrected chi connectivity index (χ1v) is 8.31. The topological polar surface area (TPSA) is 60.1 Å². The highest BCUT2D eigenvalue weighted by Gasteiger charge is 2.15. The molecule has 126 valence electrons. The van der Waals surface area contributed by atoms with Crippen LogP contribution in [0.3, 0.4) is 0 Å². The maximum atomic E-state index is 12.4. The number of carbonyl (C=O) groups excluding carboxylic acids is 1. The fraction of sp³-hybridized carbons (Fsp3) is 0.368. The third-order valence-electron chi connectivity index (χ3n) is 4.64. The SMILES string of the molecule is CCC(C)n1nccc1NC(=O)Cc1coc2c(C)c(C)ccc12. The molecule has 0 aliphatic heterocycles. The lowest BCUT2D eigenvalue weighted by molar-refractivity contribution is -0.115. The van der Waals surface area contributed by atoms with Gasteiger partial charge in [0.15, 0.2) is 0 Å². The van der Waals surface area contributed by atoms with E-state index in [4.69, 9.17) is 4.42 Å². The molecule has 3 aromatic rings. The van der Waals surface area contributed by atoms with Gasteiger partial charge in [0, 0.05) is 17.0 Å². The highest BCUT2D eigenvalue weighted by Crippen LogP contribution is 2.27. The van der Waals surface area contributed by atoms with Crippen molar-refractivity contribution >= 4 is 22.7 Å². The van der Waals surface area contributed by atoms with Crippen molar-refractivity contribution in [1.29, 1.82) is 0 Å².